The van der Waals surface area contributed by atoms with Gasteiger partial charge in [-0.05, 0) is 36.8 Å². The minimum Gasteiger partial charge on any atom is -0.409 e. The van der Waals surface area contributed by atoms with Gasteiger partial charge in [0.15, 0.2) is 0 Å². The second-order valence-corrected chi connectivity index (χ2v) is 6.88. The van der Waals surface area contributed by atoms with Crippen LogP contribution in [0.1, 0.15) is 26.7 Å². The third kappa shape index (κ3) is 5.13. The third-order valence-electron chi connectivity index (χ3n) is 2.90. The van der Waals surface area contributed by atoms with Crippen LogP contribution in [0.25, 0.3) is 0 Å². The summed E-state index contributed by atoms with van der Waals surface area (Å²) in [5.41, 5.74) is 5.34. The molecule has 106 valence electrons. The Labute approximate surface area is 128 Å². The SMILES string of the molecule is CC(C)(CCCSc1cc(Cl)ccc1Cl)C(N)=NO. The zero-order chi connectivity index (χ0) is 14.5. The highest BCUT2D eigenvalue weighted by molar-refractivity contribution is 7.99. The van der Waals surface area contributed by atoms with E-state index in [0.717, 1.165) is 23.5 Å². The van der Waals surface area contributed by atoms with Crippen molar-refractivity contribution < 1.29 is 5.21 Å². The summed E-state index contributed by atoms with van der Waals surface area (Å²) < 4.78 is 0. The molecule has 0 amide bonds. The molecule has 0 aliphatic heterocycles. The number of thioether (sulfide) groups is 1. The van der Waals surface area contributed by atoms with E-state index >= 15 is 0 Å². The number of nitrogens with zero attached hydrogens (tertiary/aromatic N) is 1. The van der Waals surface area contributed by atoms with E-state index in [1.165, 1.54) is 0 Å². The second-order valence-electron chi connectivity index (χ2n) is 4.90. The molecule has 0 aliphatic rings. The van der Waals surface area contributed by atoms with E-state index in [4.69, 9.17) is 34.1 Å². The molecule has 1 rings (SSSR count). The lowest BCUT2D eigenvalue weighted by Crippen LogP contribution is -2.31. The Balaban J connectivity index is 2.45. The van der Waals surface area contributed by atoms with Gasteiger partial charge >= 0.3 is 0 Å². The van der Waals surface area contributed by atoms with Crippen molar-refractivity contribution in [2.75, 3.05) is 5.75 Å². The average Bonchev–Trinajstić information content (AvgIpc) is 2.37. The summed E-state index contributed by atoms with van der Waals surface area (Å²) in [6.45, 7) is 3.91. The zero-order valence-electron chi connectivity index (χ0n) is 11.0. The molecule has 1 aromatic carbocycles. The van der Waals surface area contributed by atoms with Gasteiger partial charge in [0.05, 0.1) is 5.02 Å². The number of nitrogens with two attached hydrogens (primary N) is 1. The van der Waals surface area contributed by atoms with Gasteiger partial charge in [-0.3, -0.25) is 0 Å². The van der Waals surface area contributed by atoms with Crippen LogP contribution in [0.2, 0.25) is 10.0 Å². The largest absolute Gasteiger partial charge is 0.409 e. The predicted octanol–water partition coefficient (Wildman–Crippen LogP) is 4.64. The lowest BCUT2D eigenvalue weighted by molar-refractivity contribution is 0.305. The molecule has 19 heavy (non-hydrogen) atoms. The first-order valence-electron chi connectivity index (χ1n) is 5.92. The van der Waals surface area contributed by atoms with Crippen molar-refractivity contribution >= 4 is 40.8 Å². The molecule has 0 spiro atoms. The fourth-order valence-corrected chi connectivity index (χ4v) is 2.99. The molecule has 6 heteroatoms. The van der Waals surface area contributed by atoms with Gasteiger partial charge < -0.3 is 10.9 Å². The summed E-state index contributed by atoms with van der Waals surface area (Å²) in [5.74, 6) is 1.17. The third-order valence-corrected chi connectivity index (χ3v) is 4.72. The number of amidine groups is 1. The standard InChI is InChI=1S/C13H18Cl2N2OS/c1-13(2,12(16)17-18)6-3-7-19-11-8-9(14)4-5-10(11)15/h4-5,8,18H,3,6-7H2,1-2H3,(H2,16,17). The van der Waals surface area contributed by atoms with Gasteiger partial charge in [-0.25, -0.2) is 0 Å². The summed E-state index contributed by atoms with van der Waals surface area (Å²) in [7, 11) is 0. The van der Waals surface area contributed by atoms with E-state index < -0.39 is 0 Å². The van der Waals surface area contributed by atoms with Crippen LogP contribution in [0, 0.1) is 5.41 Å². The van der Waals surface area contributed by atoms with E-state index in [1.807, 2.05) is 19.9 Å². The fourth-order valence-electron chi connectivity index (χ4n) is 1.55. The first kappa shape index (κ1) is 16.5. The van der Waals surface area contributed by atoms with E-state index in [0.29, 0.717) is 10.0 Å². The zero-order valence-corrected chi connectivity index (χ0v) is 13.3. The van der Waals surface area contributed by atoms with E-state index in [9.17, 15) is 0 Å². The number of oxime groups is 1. The average molecular weight is 321 g/mol. The lowest BCUT2D eigenvalue weighted by Gasteiger charge is -2.22. The first-order chi connectivity index (χ1) is 8.86. The van der Waals surface area contributed by atoms with Gasteiger partial charge in [0.25, 0.3) is 0 Å². The maximum absolute atomic E-state index is 8.70. The summed E-state index contributed by atoms with van der Waals surface area (Å²) in [6.07, 6.45) is 1.78. The van der Waals surface area contributed by atoms with Crippen LogP contribution in [0.5, 0.6) is 0 Å². The van der Waals surface area contributed by atoms with Crippen molar-refractivity contribution in [3.8, 4) is 0 Å². The van der Waals surface area contributed by atoms with Crippen molar-refractivity contribution in [1.29, 1.82) is 0 Å². The van der Waals surface area contributed by atoms with Crippen molar-refractivity contribution in [3.05, 3.63) is 28.2 Å². The van der Waals surface area contributed by atoms with Crippen molar-refractivity contribution in [2.45, 2.75) is 31.6 Å². The van der Waals surface area contributed by atoms with Gasteiger partial charge in [0.2, 0.25) is 0 Å². The highest BCUT2D eigenvalue weighted by Gasteiger charge is 2.22. The Hall–Kier alpha value is -0.580. The molecule has 0 unspecified atom stereocenters. The van der Waals surface area contributed by atoms with Crippen LogP contribution in [0.3, 0.4) is 0 Å². The minimum atomic E-state index is -0.298. The summed E-state index contributed by atoms with van der Waals surface area (Å²) in [6, 6.07) is 5.44. The Morgan fingerprint density at radius 3 is 2.74 bits per heavy atom. The molecule has 0 heterocycles. The molecule has 3 nitrogen and oxygen atoms in total. The van der Waals surface area contributed by atoms with Gasteiger partial charge in [-0.2, -0.15) is 0 Å². The van der Waals surface area contributed by atoms with E-state index in [-0.39, 0.29) is 11.3 Å². The normalized spacial score (nSPS) is 12.7. The molecule has 0 saturated heterocycles. The monoisotopic (exact) mass is 320 g/mol. The number of hydrogen-bond acceptors (Lipinski definition) is 3. The van der Waals surface area contributed by atoms with Gasteiger partial charge in [0.1, 0.15) is 5.84 Å². The number of rotatable bonds is 6. The Kier molecular flexibility index (Phi) is 6.30. The molecule has 0 fully saturated rings. The summed E-state index contributed by atoms with van der Waals surface area (Å²) >= 11 is 13.7. The first-order valence-corrected chi connectivity index (χ1v) is 7.67. The fraction of sp³-hybridized carbons (Fsp3) is 0.462. The molecule has 1 aromatic rings. The van der Waals surface area contributed by atoms with E-state index in [1.54, 1.807) is 23.9 Å². The van der Waals surface area contributed by atoms with Crippen molar-refractivity contribution in [2.24, 2.45) is 16.3 Å². The highest BCUT2D eigenvalue weighted by Crippen LogP contribution is 2.31. The topological polar surface area (TPSA) is 58.6 Å². The van der Waals surface area contributed by atoms with Crippen molar-refractivity contribution in [1.82, 2.24) is 0 Å². The summed E-state index contributed by atoms with van der Waals surface area (Å²) in [4.78, 5) is 0.982. The maximum atomic E-state index is 8.70. The van der Waals surface area contributed by atoms with Crippen LogP contribution in [0.4, 0.5) is 0 Å². The number of halogens is 2. The molecule has 0 aromatic heterocycles. The second kappa shape index (κ2) is 7.27. The van der Waals surface area contributed by atoms with E-state index in [2.05, 4.69) is 5.16 Å². The molecule has 0 saturated carbocycles. The predicted molar refractivity (Wildman–Crippen MR) is 83.6 cm³/mol. The van der Waals surface area contributed by atoms with Gasteiger partial charge in [-0.15, -0.1) is 11.8 Å². The van der Waals surface area contributed by atoms with Crippen LogP contribution >= 0.6 is 35.0 Å². The molecule has 3 N–H and O–H groups in total. The highest BCUT2D eigenvalue weighted by atomic mass is 35.5. The summed E-state index contributed by atoms with van der Waals surface area (Å²) in [5, 5.41) is 13.2. The number of benzene rings is 1. The Morgan fingerprint density at radius 2 is 2.11 bits per heavy atom. The Morgan fingerprint density at radius 1 is 1.42 bits per heavy atom. The molecule has 0 bridgehead atoms. The number of hydrogen-bond donors (Lipinski definition) is 2. The molecule has 0 radical (unpaired) electrons. The molecule has 0 atom stereocenters. The van der Waals surface area contributed by atoms with Crippen LogP contribution in [0.15, 0.2) is 28.3 Å². The van der Waals surface area contributed by atoms with Gasteiger partial charge in [-0.1, -0.05) is 42.2 Å². The minimum absolute atomic E-state index is 0.262. The molecular formula is C13H18Cl2N2OS. The van der Waals surface area contributed by atoms with Crippen LogP contribution in [-0.2, 0) is 0 Å². The molecule has 0 aliphatic carbocycles. The van der Waals surface area contributed by atoms with Crippen LogP contribution < -0.4 is 5.73 Å². The maximum Gasteiger partial charge on any atom is 0.144 e. The smallest absolute Gasteiger partial charge is 0.144 e. The van der Waals surface area contributed by atoms with Crippen LogP contribution in [-0.4, -0.2) is 16.8 Å². The molecular weight excluding hydrogens is 303 g/mol. The van der Waals surface area contributed by atoms with Gasteiger partial charge in [0, 0.05) is 15.3 Å². The quantitative estimate of drug-likeness (QED) is 0.200. The Bertz CT molecular complexity index is 464. The lowest BCUT2D eigenvalue weighted by atomic mass is 9.87. The van der Waals surface area contributed by atoms with Crippen molar-refractivity contribution in [3.63, 3.8) is 0 Å².